The smallest absolute Gasteiger partial charge is 0.179 e. The zero-order valence-electron chi connectivity index (χ0n) is 11.2. The van der Waals surface area contributed by atoms with E-state index in [1.165, 1.54) is 11.3 Å². The number of halogens is 1. The van der Waals surface area contributed by atoms with E-state index >= 15 is 0 Å². The molecule has 106 valence electrons. The number of nitriles is 1. The molecule has 0 aliphatic carbocycles. The van der Waals surface area contributed by atoms with E-state index in [9.17, 15) is 5.26 Å². The van der Waals surface area contributed by atoms with Crippen LogP contribution in [0, 0.1) is 18.3 Å². The molecule has 0 amide bonds. The summed E-state index contributed by atoms with van der Waals surface area (Å²) in [7, 11) is 0. The highest BCUT2D eigenvalue weighted by Crippen LogP contribution is 2.39. The van der Waals surface area contributed by atoms with Gasteiger partial charge in [-0.2, -0.15) is 5.26 Å². The molecule has 0 saturated heterocycles. The molecule has 0 radical (unpaired) electrons. The molecule has 1 aliphatic rings. The van der Waals surface area contributed by atoms with Gasteiger partial charge in [-0.1, -0.05) is 11.6 Å². The number of aromatic nitrogens is 1. The van der Waals surface area contributed by atoms with Crippen molar-refractivity contribution in [3.63, 3.8) is 0 Å². The Bertz CT molecular complexity index is 762. The molecular formula is C15H11ClN2O2S. The summed E-state index contributed by atoms with van der Waals surface area (Å²) in [6.07, 6.45) is 1.75. The van der Waals surface area contributed by atoms with E-state index in [4.69, 9.17) is 21.1 Å². The van der Waals surface area contributed by atoms with Crippen LogP contribution in [0.2, 0.25) is 5.02 Å². The van der Waals surface area contributed by atoms with Crippen LogP contribution < -0.4 is 9.47 Å². The van der Waals surface area contributed by atoms with Crippen molar-refractivity contribution in [2.24, 2.45) is 0 Å². The SMILES string of the molecule is Cc1csc(C(C#N)=Cc2cc(Cl)c3c(c2)OCCO3)n1. The van der Waals surface area contributed by atoms with Gasteiger partial charge in [-0.15, -0.1) is 11.3 Å². The monoisotopic (exact) mass is 318 g/mol. The number of hydrogen-bond donors (Lipinski definition) is 0. The van der Waals surface area contributed by atoms with Crippen molar-refractivity contribution in [2.45, 2.75) is 6.92 Å². The van der Waals surface area contributed by atoms with E-state index in [0.717, 1.165) is 11.3 Å². The Labute approximate surface area is 131 Å². The Morgan fingerprint density at radius 3 is 2.95 bits per heavy atom. The van der Waals surface area contributed by atoms with Crippen molar-refractivity contribution < 1.29 is 9.47 Å². The van der Waals surface area contributed by atoms with Crippen LogP contribution in [0.25, 0.3) is 11.6 Å². The quantitative estimate of drug-likeness (QED) is 0.787. The highest BCUT2D eigenvalue weighted by molar-refractivity contribution is 7.11. The highest BCUT2D eigenvalue weighted by Gasteiger charge is 2.16. The molecule has 0 N–H and O–H groups in total. The van der Waals surface area contributed by atoms with Gasteiger partial charge < -0.3 is 9.47 Å². The maximum absolute atomic E-state index is 9.32. The topological polar surface area (TPSA) is 55.1 Å². The average Bonchev–Trinajstić information content (AvgIpc) is 2.91. The number of benzene rings is 1. The number of nitrogens with zero attached hydrogens (tertiary/aromatic N) is 2. The van der Waals surface area contributed by atoms with Crippen LogP contribution in [0.5, 0.6) is 11.5 Å². The van der Waals surface area contributed by atoms with Crippen LogP contribution in [0.4, 0.5) is 0 Å². The number of aryl methyl sites for hydroxylation is 1. The number of fused-ring (bicyclic) bond motifs is 1. The fourth-order valence-electron chi connectivity index (χ4n) is 2.00. The molecule has 4 nitrogen and oxygen atoms in total. The van der Waals surface area contributed by atoms with Crippen LogP contribution in [-0.2, 0) is 0 Å². The fraction of sp³-hybridized carbons (Fsp3) is 0.200. The number of hydrogen-bond acceptors (Lipinski definition) is 5. The van der Waals surface area contributed by atoms with Crippen molar-refractivity contribution in [2.75, 3.05) is 13.2 Å². The first kappa shape index (κ1) is 13.9. The molecule has 6 heteroatoms. The van der Waals surface area contributed by atoms with Gasteiger partial charge in [0.15, 0.2) is 11.5 Å². The molecule has 0 spiro atoms. The summed E-state index contributed by atoms with van der Waals surface area (Å²) in [5.41, 5.74) is 2.19. The highest BCUT2D eigenvalue weighted by atomic mass is 35.5. The zero-order chi connectivity index (χ0) is 14.8. The average molecular weight is 319 g/mol. The Morgan fingerprint density at radius 2 is 2.24 bits per heavy atom. The first-order chi connectivity index (χ1) is 10.2. The van der Waals surface area contributed by atoms with Crippen molar-refractivity contribution in [1.82, 2.24) is 4.98 Å². The summed E-state index contributed by atoms with van der Waals surface area (Å²) in [6, 6.07) is 5.75. The minimum atomic E-state index is 0.478. The predicted molar refractivity (Wildman–Crippen MR) is 82.8 cm³/mol. The standard InChI is InChI=1S/C15H11ClN2O2S/c1-9-8-21-15(18-9)11(7-17)4-10-5-12(16)14-13(6-10)19-2-3-20-14/h4-6,8H,2-3H2,1H3. The summed E-state index contributed by atoms with van der Waals surface area (Å²) in [5, 5.41) is 12.4. The van der Waals surface area contributed by atoms with Crippen LogP contribution in [-0.4, -0.2) is 18.2 Å². The maximum Gasteiger partial charge on any atom is 0.179 e. The summed E-state index contributed by atoms with van der Waals surface area (Å²) in [4.78, 5) is 4.33. The van der Waals surface area contributed by atoms with Crippen LogP contribution in [0.15, 0.2) is 17.5 Å². The second-order valence-corrected chi connectivity index (χ2v) is 5.76. The minimum absolute atomic E-state index is 0.478. The normalized spacial score (nSPS) is 13.9. The number of ether oxygens (including phenoxy) is 2. The third-order valence-electron chi connectivity index (χ3n) is 2.90. The molecule has 1 aliphatic heterocycles. The Kier molecular flexibility index (Phi) is 3.82. The summed E-state index contributed by atoms with van der Waals surface area (Å²) in [6.45, 7) is 2.88. The molecular weight excluding hydrogens is 308 g/mol. The van der Waals surface area contributed by atoms with E-state index in [1.807, 2.05) is 18.4 Å². The summed E-state index contributed by atoms with van der Waals surface area (Å²) in [5.74, 6) is 1.16. The molecule has 2 aromatic rings. The Hall–Kier alpha value is -2.03. The number of allylic oxidation sites excluding steroid dienone is 1. The molecule has 0 fully saturated rings. The van der Waals surface area contributed by atoms with Crippen LogP contribution in [0.1, 0.15) is 16.3 Å². The summed E-state index contributed by atoms with van der Waals surface area (Å²) < 4.78 is 11.0. The van der Waals surface area contributed by atoms with Crippen molar-refractivity contribution in [3.8, 4) is 17.6 Å². The third-order valence-corrected chi connectivity index (χ3v) is 4.17. The Morgan fingerprint density at radius 1 is 1.43 bits per heavy atom. The molecule has 21 heavy (non-hydrogen) atoms. The number of rotatable bonds is 2. The number of thiazole rings is 1. The van der Waals surface area contributed by atoms with Crippen molar-refractivity contribution in [3.05, 3.63) is 38.8 Å². The van der Waals surface area contributed by atoms with Crippen LogP contribution in [0.3, 0.4) is 0 Å². The van der Waals surface area contributed by atoms with E-state index in [1.54, 1.807) is 12.1 Å². The first-order valence-electron chi connectivity index (χ1n) is 6.31. The Balaban J connectivity index is 2.02. The van der Waals surface area contributed by atoms with Crippen LogP contribution >= 0.6 is 22.9 Å². The fourth-order valence-corrected chi connectivity index (χ4v) is 3.04. The van der Waals surface area contributed by atoms with Crippen molar-refractivity contribution in [1.29, 1.82) is 5.26 Å². The maximum atomic E-state index is 9.32. The second-order valence-electron chi connectivity index (χ2n) is 4.49. The van der Waals surface area contributed by atoms with Gasteiger partial charge in [-0.25, -0.2) is 4.98 Å². The van der Waals surface area contributed by atoms with Gasteiger partial charge in [0, 0.05) is 11.1 Å². The predicted octanol–water partition coefficient (Wildman–Crippen LogP) is 3.94. The molecule has 1 aromatic carbocycles. The van der Waals surface area contributed by atoms with Gasteiger partial charge >= 0.3 is 0 Å². The van der Waals surface area contributed by atoms with Crippen molar-refractivity contribution >= 4 is 34.6 Å². The van der Waals surface area contributed by atoms with Gasteiger partial charge in [0.25, 0.3) is 0 Å². The third kappa shape index (κ3) is 2.87. The second kappa shape index (κ2) is 5.76. The first-order valence-corrected chi connectivity index (χ1v) is 7.56. The van der Waals surface area contributed by atoms with E-state index in [2.05, 4.69) is 11.1 Å². The van der Waals surface area contributed by atoms with E-state index in [-0.39, 0.29) is 0 Å². The largest absolute Gasteiger partial charge is 0.486 e. The minimum Gasteiger partial charge on any atom is -0.486 e. The van der Waals surface area contributed by atoms with Gasteiger partial charge in [-0.3, -0.25) is 0 Å². The molecule has 1 aromatic heterocycles. The molecule has 2 heterocycles. The van der Waals surface area contributed by atoms with Gasteiger partial charge in [-0.05, 0) is 30.7 Å². The van der Waals surface area contributed by atoms with Gasteiger partial charge in [0.05, 0.1) is 10.6 Å². The molecule has 0 saturated carbocycles. The lowest BCUT2D eigenvalue weighted by atomic mass is 10.1. The van der Waals surface area contributed by atoms with E-state index in [0.29, 0.717) is 40.3 Å². The molecule has 0 bridgehead atoms. The van der Waals surface area contributed by atoms with Gasteiger partial charge in [0.2, 0.25) is 0 Å². The van der Waals surface area contributed by atoms with Gasteiger partial charge in [0.1, 0.15) is 24.3 Å². The lowest BCUT2D eigenvalue weighted by Crippen LogP contribution is -2.15. The molecule has 0 unspecified atom stereocenters. The lowest BCUT2D eigenvalue weighted by Gasteiger charge is -2.19. The lowest BCUT2D eigenvalue weighted by molar-refractivity contribution is 0.171. The van der Waals surface area contributed by atoms with E-state index < -0.39 is 0 Å². The molecule has 0 atom stereocenters. The zero-order valence-corrected chi connectivity index (χ0v) is 12.8. The molecule has 3 rings (SSSR count). The summed E-state index contributed by atoms with van der Waals surface area (Å²) >= 11 is 7.64.